The van der Waals surface area contributed by atoms with Crippen LogP contribution in [0.4, 0.5) is 10.2 Å². The van der Waals surface area contributed by atoms with Crippen LogP contribution in [0.5, 0.6) is 0 Å². The van der Waals surface area contributed by atoms with E-state index in [-0.39, 0.29) is 17.3 Å². The number of nitrogens with zero attached hydrogens (tertiary/aromatic N) is 2. The van der Waals surface area contributed by atoms with Gasteiger partial charge in [-0.2, -0.15) is 5.10 Å². The number of benzene rings is 1. The first kappa shape index (κ1) is 13.5. The van der Waals surface area contributed by atoms with Gasteiger partial charge in [0.1, 0.15) is 10.7 Å². The van der Waals surface area contributed by atoms with Crippen molar-refractivity contribution in [3.63, 3.8) is 0 Å². The zero-order valence-corrected chi connectivity index (χ0v) is 11.0. The molecule has 1 heterocycles. The Bertz CT molecular complexity index is 696. The van der Waals surface area contributed by atoms with Crippen LogP contribution in [0.1, 0.15) is 5.56 Å². The second-order valence-corrected chi connectivity index (χ2v) is 5.74. The summed E-state index contributed by atoms with van der Waals surface area (Å²) in [7, 11) is -2.19. The lowest BCUT2D eigenvalue weighted by Gasteiger charge is -2.05. The molecule has 3 N–H and O–H groups in total. The molecule has 0 aliphatic heterocycles. The summed E-state index contributed by atoms with van der Waals surface area (Å²) in [4.78, 5) is -0.0913. The molecule has 0 amide bonds. The molecule has 1 aromatic heterocycles. The Morgan fingerprint density at radius 3 is 2.79 bits per heavy atom. The van der Waals surface area contributed by atoms with Crippen molar-refractivity contribution in [1.82, 2.24) is 14.5 Å². The van der Waals surface area contributed by atoms with Crippen molar-refractivity contribution in [2.75, 3.05) is 5.73 Å². The SMILES string of the molecule is Cn1cc(S(=O)(=O)NCc2cccc(F)c2)c(N)n1. The largest absolute Gasteiger partial charge is 0.381 e. The van der Waals surface area contributed by atoms with Crippen molar-refractivity contribution in [2.45, 2.75) is 11.4 Å². The van der Waals surface area contributed by atoms with E-state index >= 15 is 0 Å². The number of sulfonamides is 1. The minimum atomic E-state index is -3.76. The van der Waals surface area contributed by atoms with Gasteiger partial charge in [-0.05, 0) is 17.7 Å². The molecule has 0 radical (unpaired) electrons. The van der Waals surface area contributed by atoms with E-state index in [1.807, 2.05) is 0 Å². The summed E-state index contributed by atoms with van der Waals surface area (Å²) in [6.07, 6.45) is 1.31. The third-order valence-electron chi connectivity index (χ3n) is 2.47. The average Bonchev–Trinajstić information content (AvgIpc) is 2.67. The van der Waals surface area contributed by atoms with Crippen molar-refractivity contribution in [3.8, 4) is 0 Å². The van der Waals surface area contributed by atoms with Gasteiger partial charge in [0.15, 0.2) is 5.82 Å². The second-order valence-electron chi connectivity index (χ2n) is 4.01. The number of hydrogen-bond acceptors (Lipinski definition) is 4. The van der Waals surface area contributed by atoms with E-state index in [4.69, 9.17) is 5.73 Å². The molecular formula is C11H13FN4O2S. The molecule has 102 valence electrons. The van der Waals surface area contributed by atoms with Gasteiger partial charge in [-0.15, -0.1) is 0 Å². The monoisotopic (exact) mass is 284 g/mol. The summed E-state index contributed by atoms with van der Waals surface area (Å²) in [5.74, 6) is -0.494. The molecule has 0 bridgehead atoms. The Hall–Kier alpha value is -1.93. The Labute approximate surface area is 110 Å². The predicted octanol–water partition coefficient (Wildman–Crippen LogP) is 0.620. The number of aryl methyl sites for hydroxylation is 1. The van der Waals surface area contributed by atoms with Crippen molar-refractivity contribution < 1.29 is 12.8 Å². The first-order valence-electron chi connectivity index (χ1n) is 5.42. The smallest absolute Gasteiger partial charge is 0.246 e. The Kier molecular flexibility index (Phi) is 3.54. The summed E-state index contributed by atoms with van der Waals surface area (Å²) in [5.41, 5.74) is 6.03. The first-order chi connectivity index (χ1) is 8.88. The highest BCUT2D eigenvalue weighted by Crippen LogP contribution is 2.15. The minimum Gasteiger partial charge on any atom is -0.381 e. The Balaban J connectivity index is 2.16. The second kappa shape index (κ2) is 4.98. The number of aromatic nitrogens is 2. The molecule has 0 saturated heterocycles. The molecular weight excluding hydrogens is 271 g/mol. The Morgan fingerprint density at radius 2 is 2.21 bits per heavy atom. The van der Waals surface area contributed by atoms with E-state index in [9.17, 15) is 12.8 Å². The van der Waals surface area contributed by atoms with Crippen LogP contribution in [-0.4, -0.2) is 18.2 Å². The maximum atomic E-state index is 13.0. The predicted molar refractivity (Wildman–Crippen MR) is 68.0 cm³/mol. The first-order valence-corrected chi connectivity index (χ1v) is 6.90. The molecule has 2 aromatic rings. The molecule has 0 atom stereocenters. The molecule has 0 spiro atoms. The third-order valence-corrected chi connectivity index (χ3v) is 3.88. The molecule has 0 fully saturated rings. The molecule has 2 rings (SSSR count). The topological polar surface area (TPSA) is 90.0 Å². The van der Waals surface area contributed by atoms with Gasteiger partial charge in [0.25, 0.3) is 0 Å². The molecule has 0 aliphatic rings. The molecule has 6 nitrogen and oxygen atoms in total. The number of hydrogen-bond donors (Lipinski definition) is 2. The summed E-state index contributed by atoms with van der Waals surface area (Å²) in [5, 5.41) is 3.76. The minimum absolute atomic E-state index is 0.0194. The van der Waals surface area contributed by atoms with Crippen LogP contribution in [0.15, 0.2) is 35.4 Å². The summed E-state index contributed by atoms with van der Waals surface area (Å²) >= 11 is 0. The van der Waals surface area contributed by atoms with Gasteiger partial charge in [0, 0.05) is 19.8 Å². The molecule has 0 unspecified atom stereocenters. The quantitative estimate of drug-likeness (QED) is 0.861. The van der Waals surface area contributed by atoms with Crippen molar-refractivity contribution >= 4 is 15.8 Å². The van der Waals surface area contributed by atoms with Crippen LogP contribution in [0.3, 0.4) is 0 Å². The third kappa shape index (κ3) is 3.09. The average molecular weight is 284 g/mol. The maximum Gasteiger partial charge on any atom is 0.246 e. The van der Waals surface area contributed by atoms with Crippen molar-refractivity contribution in [3.05, 3.63) is 41.8 Å². The van der Waals surface area contributed by atoms with Gasteiger partial charge in [0.2, 0.25) is 10.0 Å². The number of nitrogens with one attached hydrogen (secondary N) is 1. The molecule has 8 heteroatoms. The summed E-state index contributed by atoms with van der Waals surface area (Å²) in [6, 6.07) is 5.68. The molecule has 0 saturated carbocycles. The molecule has 19 heavy (non-hydrogen) atoms. The van der Waals surface area contributed by atoms with Crippen LogP contribution >= 0.6 is 0 Å². The lowest BCUT2D eigenvalue weighted by molar-refractivity contribution is 0.580. The van der Waals surface area contributed by atoms with Crippen LogP contribution in [0.25, 0.3) is 0 Å². The van der Waals surface area contributed by atoms with E-state index < -0.39 is 15.8 Å². The van der Waals surface area contributed by atoms with Crippen LogP contribution in [0.2, 0.25) is 0 Å². The van der Waals surface area contributed by atoms with Gasteiger partial charge < -0.3 is 5.73 Å². The van der Waals surface area contributed by atoms with Gasteiger partial charge in [-0.25, -0.2) is 17.5 Å². The molecule has 1 aromatic carbocycles. The zero-order valence-electron chi connectivity index (χ0n) is 10.2. The molecule has 0 aliphatic carbocycles. The highest BCUT2D eigenvalue weighted by molar-refractivity contribution is 7.89. The Morgan fingerprint density at radius 1 is 1.47 bits per heavy atom. The van der Waals surface area contributed by atoms with E-state index in [2.05, 4.69) is 9.82 Å². The van der Waals surface area contributed by atoms with Crippen LogP contribution < -0.4 is 10.5 Å². The van der Waals surface area contributed by atoms with Gasteiger partial charge in [-0.1, -0.05) is 12.1 Å². The van der Waals surface area contributed by atoms with E-state index in [1.54, 1.807) is 13.1 Å². The summed E-state index contributed by atoms with van der Waals surface area (Å²) in [6.45, 7) is -0.0194. The fourth-order valence-electron chi connectivity index (χ4n) is 1.59. The van der Waals surface area contributed by atoms with Gasteiger partial charge >= 0.3 is 0 Å². The van der Waals surface area contributed by atoms with E-state index in [0.29, 0.717) is 5.56 Å². The fraction of sp³-hybridized carbons (Fsp3) is 0.182. The van der Waals surface area contributed by atoms with Crippen LogP contribution in [0, 0.1) is 5.82 Å². The highest BCUT2D eigenvalue weighted by Gasteiger charge is 2.20. The van der Waals surface area contributed by atoms with E-state index in [1.165, 1.54) is 29.1 Å². The number of anilines is 1. The summed E-state index contributed by atoms with van der Waals surface area (Å²) < 4.78 is 40.6. The number of halogens is 1. The fourth-order valence-corrected chi connectivity index (χ4v) is 2.71. The lowest BCUT2D eigenvalue weighted by Crippen LogP contribution is -2.23. The zero-order chi connectivity index (χ0) is 14.0. The normalized spacial score (nSPS) is 11.7. The maximum absolute atomic E-state index is 13.0. The lowest BCUT2D eigenvalue weighted by atomic mass is 10.2. The van der Waals surface area contributed by atoms with Crippen molar-refractivity contribution in [1.29, 1.82) is 0 Å². The number of rotatable bonds is 4. The van der Waals surface area contributed by atoms with Gasteiger partial charge in [-0.3, -0.25) is 4.68 Å². The standard InChI is InChI=1S/C11H13FN4O2S/c1-16-7-10(11(13)15-16)19(17,18)14-6-8-3-2-4-9(12)5-8/h2-5,7,14H,6H2,1H3,(H2,13,15). The van der Waals surface area contributed by atoms with Crippen LogP contribution in [-0.2, 0) is 23.6 Å². The number of nitrogens with two attached hydrogens (primary N) is 1. The number of nitrogen functional groups attached to an aromatic ring is 1. The van der Waals surface area contributed by atoms with E-state index in [0.717, 1.165) is 0 Å². The van der Waals surface area contributed by atoms with Gasteiger partial charge in [0.05, 0.1) is 0 Å². The highest BCUT2D eigenvalue weighted by atomic mass is 32.2. The van der Waals surface area contributed by atoms with Crippen molar-refractivity contribution in [2.24, 2.45) is 7.05 Å².